The van der Waals surface area contributed by atoms with Crippen molar-refractivity contribution in [2.45, 2.75) is 6.18 Å². The van der Waals surface area contributed by atoms with Gasteiger partial charge in [0.2, 0.25) is 5.82 Å². The number of rotatable bonds is 5. The highest BCUT2D eigenvalue weighted by Crippen LogP contribution is 2.31. The Balaban J connectivity index is 1.36. The molecule has 0 aliphatic carbocycles. The zero-order valence-electron chi connectivity index (χ0n) is 16.3. The second-order valence-corrected chi connectivity index (χ2v) is 6.56. The van der Waals surface area contributed by atoms with E-state index in [4.69, 9.17) is 9.37 Å². The van der Waals surface area contributed by atoms with Crippen LogP contribution in [0, 0.1) is 0 Å². The van der Waals surface area contributed by atoms with E-state index >= 15 is 0 Å². The summed E-state index contributed by atoms with van der Waals surface area (Å²) in [4.78, 5) is 12.3. The summed E-state index contributed by atoms with van der Waals surface area (Å²) in [6.07, 6.45) is -4.41. The van der Waals surface area contributed by atoms with Crippen molar-refractivity contribution in [2.75, 3.05) is 10.6 Å². The van der Waals surface area contributed by atoms with Crippen LogP contribution >= 0.6 is 0 Å². The molecule has 0 radical (unpaired) electrons. The van der Waals surface area contributed by atoms with Gasteiger partial charge < -0.3 is 10.1 Å². The molecule has 0 bridgehead atoms. The van der Waals surface area contributed by atoms with E-state index in [1.807, 2.05) is 18.2 Å². The second-order valence-electron chi connectivity index (χ2n) is 6.56. The third-order valence-electron chi connectivity index (χ3n) is 4.30. The lowest BCUT2D eigenvalue weighted by Gasteiger charge is -2.10. The molecule has 2 N–H and O–H groups in total. The zero-order chi connectivity index (χ0) is 22.6. The van der Waals surface area contributed by atoms with Crippen molar-refractivity contribution < 1.29 is 27.3 Å². The number of halogens is 3. The normalized spacial score (nSPS) is 11.1. The summed E-state index contributed by atoms with van der Waals surface area (Å²) in [6.45, 7) is 0. The van der Waals surface area contributed by atoms with Crippen LogP contribution in [0.3, 0.4) is 0 Å². The molecule has 4 aromatic rings. The zero-order valence-corrected chi connectivity index (χ0v) is 16.3. The van der Waals surface area contributed by atoms with Gasteiger partial charge in [0.05, 0.1) is 5.56 Å². The van der Waals surface area contributed by atoms with Crippen LogP contribution in [-0.2, 0) is 6.18 Å². The van der Waals surface area contributed by atoms with Crippen LogP contribution in [0.15, 0.2) is 83.5 Å². The summed E-state index contributed by atoms with van der Waals surface area (Å²) >= 11 is 0. The van der Waals surface area contributed by atoms with Crippen LogP contribution in [0.1, 0.15) is 5.56 Å². The van der Waals surface area contributed by atoms with Gasteiger partial charge in [0.1, 0.15) is 11.5 Å². The van der Waals surface area contributed by atoms with Crippen molar-refractivity contribution >= 4 is 17.5 Å². The number of alkyl halides is 3. The van der Waals surface area contributed by atoms with Gasteiger partial charge >= 0.3 is 12.2 Å². The molecule has 32 heavy (non-hydrogen) atoms. The Morgan fingerprint density at radius 2 is 1.44 bits per heavy atom. The minimum absolute atomic E-state index is 0.163. The summed E-state index contributed by atoms with van der Waals surface area (Å²) in [5, 5.41) is 12.7. The maximum Gasteiger partial charge on any atom is 0.416 e. The topological polar surface area (TPSA) is 89.3 Å². The molecule has 7 nitrogen and oxygen atoms in total. The van der Waals surface area contributed by atoms with Crippen LogP contribution in [-0.4, -0.2) is 16.3 Å². The van der Waals surface area contributed by atoms with Crippen molar-refractivity contribution in [3.05, 3.63) is 84.4 Å². The van der Waals surface area contributed by atoms with E-state index in [0.717, 1.165) is 17.7 Å². The van der Waals surface area contributed by atoms with Crippen molar-refractivity contribution in [1.29, 1.82) is 0 Å². The maximum absolute atomic E-state index is 12.6. The fourth-order valence-corrected chi connectivity index (χ4v) is 2.78. The molecule has 162 valence electrons. The third kappa shape index (κ3) is 5.04. The molecule has 1 aromatic heterocycles. The molecule has 0 atom stereocenters. The molecule has 1 heterocycles. The van der Waals surface area contributed by atoms with Gasteiger partial charge in [0.15, 0.2) is 5.69 Å². The predicted octanol–water partition coefficient (Wildman–Crippen LogP) is 6.19. The van der Waals surface area contributed by atoms with Crippen LogP contribution < -0.4 is 15.4 Å². The molecule has 0 unspecified atom stereocenters. The first-order valence-electron chi connectivity index (χ1n) is 9.30. The highest BCUT2D eigenvalue weighted by atomic mass is 19.4. The van der Waals surface area contributed by atoms with Gasteiger partial charge in [-0.25, -0.2) is 9.42 Å². The van der Waals surface area contributed by atoms with Gasteiger partial charge in [-0.05, 0) is 58.8 Å². The number of nitrogens with zero attached hydrogens (tertiary/aromatic N) is 2. The van der Waals surface area contributed by atoms with Crippen molar-refractivity contribution in [3.63, 3.8) is 0 Å². The Morgan fingerprint density at radius 1 is 0.812 bits per heavy atom. The van der Waals surface area contributed by atoms with Crippen molar-refractivity contribution in [2.24, 2.45) is 0 Å². The number of hydrogen-bond donors (Lipinski definition) is 2. The average Bonchev–Trinajstić information content (AvgIpc) is 3.23. The van der Waals surface area contributed by atoms with Crippen LogP contribution in [0.5, 0.6) is 11.5 Å². The van der Waals surface area contributed by atoms with E-state index in [-0.39, 0.29) is 11.6 Å². The average molecular weight is 440 g/mol. The first kappa shape index (κ1) is 20.9. The van der Waals surface area contributed by atoms with Crippen LogP contribution in [0.2, 0.25) is 0 Å². The largest absolute Gasteiger partial charge is 0.457 e. The quantitative estimate of drug-likeness (QED) is 0.386. The monoisotopic (exact) mass is 440 g/mol. The highest BCUT2D eigenvalue weighted by molar-refractivity contribution is 6.00. The number of benzene rings is 3. The standard InChI is InChI=1S/C22H15F3N4O3/c23-22(24,25)15-6-10-17(11-7-15)31-18-12-8-16(9-13-18)26-21(30)27-20-19(28-32-29-20)14-4-2-1-3-5-14/h1-13H,(H2,26,27,29,30). The number of aromatic nitrogens is 2. The molecule has 10 heteroatoms. The van der Waals surface area contributed by atoms with Gasteiger partial charge in [-0.15, -0.1) is 0 Å². The Bertz CT molecular complexity index is 1190. The Hall–Kier alpha value is -4.34. The van der Waals surface area contributed by atoms with Gasteiger partial charge in [-0.3, -0.25) is 5.32 Å². The van der Waals surface area contributed by atoms with E-state index in [2.05, 4.69) is 20.9 Å². The third-order valence-corrected chi connectivity index (χ3v) is 4.30. The van der Waals surface area contributed by atoms with Gasteiger partial charge in [0.25, 0.3) is 0 Å². The molecular formula is C22H15F3N4O3. The Labute approximate surface area is 179 Å². The molecule has 0 aliphatic rings. The minimum Gasteiger partial charge on any atom is -0.457 e. The van der Waals surface area contributed by atoms with Gasteiger partial charge in [-0.1, -0.05) is 30.3 Å². The maximum atomic E-state index is 12.6. The molecule has 0 aliphatic heterocycles. The second kappa shape index (κ2) is 8.80. The lowest BCUT2D eigenvalue weighted by molar-refractivity contribution is -0.137. The van der Waals surface area contributed by atoms with Gasteiger partial charge in [-0.2, -0.15) is 13.2 Å². The first-order chi connectivity index (χ1) is 15.4. The van der Waals surface area contributed by atoms with Crippen LogP contribution in [0.4, 0.5) is 29.5 Å². The van der Waals surface area contributed by atoms with Gasteiger partial charge in [0, 0.05) is 11.3 Å². The van der Waals surface area contributed by atoms with E-state index in [1.165, 1.54) is 12.1 Å². The smallest absolute Gasteiger partial charge is 0.416 e. The molecule has 0 spiro atoms. The fraction of sp³-hybridized carbons (Fsp3) is 0.0455. The van der Waals surface area contributed by atoms with E-state index in [0.29, 0.717) is 17.1 Å². The number of carbonyl (C=O) groups is 1. The molecule has 0 fully saturated rings. The summed E-state index contributed by atoms with van der Waals surface area (Å²) in [5.74, 6) is 0.808. The van der Waals surface area contributed by atoms with E-state index < -0.39 is 17.8 Å². The number of anilines is 2. The molecule has 2 amide bonds. The molecule has 3 aromatic carbocycles. The molecule has 0 saturated heterocycles. The number of carbonyl (C=O) groups excluding carboxylic acids is 1. The van der Waals surface area contributed by atoms with E-state index in [1.54, 1.807) is 36.4 Å². The first-order valence-corrected chi connectivity index (χ1v) is 9.30. The summed E-state index contributed by atoms with van der Waals surface area (Å²) in [7, 11) is 0. The molecular weight excluding hydrogens is 425 g/mol. The lowest BCUT2D eigenvalue weighted by Crippen LogP contribution is -2.20. The summed E-state index contributed by atoms with van der Waals surface area (Å²) < 4.78 is 48.1. The lowest BCUT2D eigenvalue weighted by atomic mass is 10.1. The number of hydrogen-bond acceptors (Lipinski definition) is 5. The number of urea groups is 1. The van der Waals surface area contributed by atoms with Crippen LogP contribution in [0.25, 0.3) is 11.3 Å². The predicted molar refractivity (Wildman–Crippen MR) is 110 cm³/mol. The SMILES string of the molecule is O=C(Nc1ccc(Oc2ccc(C(F)(F)F)cc2)cc1)Nc1nonc1-c1ccccc1. The Kier molecular flexibility index (Phi) is 5.75. The number of ether oxygens (including phenoxy) is 1. The molecule has 4 rings (SSSR count). The Morgan fingerprint density at radius 3 is 2.06 bits per heavy atom. The van der Waals surface area contributed by atoms with E-state index in [9.17, 15) is 18.0 Å². The number of amides is 2. The molecule has 0 saturated carbocycles. The summed E-state index contributed by atoms with van der Waals surface area (Å²) in [5.41, 5.74) is 0.822. The van der Waals surface area contributed by atoms with Crippen molar-refractivity contribution in [1.82, 2.24) is 10.3 Å². The van der Waals surface area contributed by atoms with Crippen molar-refractivity contribution in [3.8, 4) is 22.8 Å². The fourth-order valence-electron chi connectivity index (χ4n) is 2.78. The number of nitrogens with one attached hydrogen (secondary N) is 2. The highest BCUT2D eigenvalue weighted by Gasteiger charge is 2.30. The summed E-state index contributed by atoms with van der Waals surface area (Å²) in [6, 6.07) is 19.2. The minimum atomic E-state index is -4.41.